The third-order valence-corrected chi connectivity index (χ3v) is 4.79. The molecule has 0 aliphatic heterocycles. The van der Waals surface area contributed by atoms with Crippen LogP contribution in [0.1, 0.15) is 77.2 Å². The minimum atomic E-state index is -3.94. The Hall–Kier alpha value is -0.610. The van der Waals surface area contributed by atoms with E-state index in [0.717, 1.165) is 19.1 Å². The second kappa shape index (κ2) is 21.6. The monoisotopic (exact) mass is 454 g/mol. The van der Waals surface area contributed by atoms with Gasteiger partial charge in [-0.2, -0.15) is 0 Å². The Morgan fingerprint density at radius 2 is 1.47 bits per heavy atom. The molecule has 1 aromatic carbocycles. The molecule has 1 aromatic rings. The molecule has 0 N–H and O–H groups in total. The van der Waals surface area contributed by atoms with Gasteiger partial charge in [-0.3, -0.25) is 0 Å². The molecule has 1 rings (SSSR count). The van der Waals surface area contributed by atoms with Crippen molar-refractivity contribution in [3.05, 3.63) is 42.7 Å². The van der Waals surface area contributed by atoms with E-state index in [1.165, 1.54) is 50.5 Å². The van der Waals surface area contributed by atoms with E-state index in [4.69, 9.17) is 4.89 Å². The topological polar surface area (TPSA) is 94.1 Å². The zero-order valence-electron chi connectivity index (χ0n) is 18.6. The Kier molecular flexibility index (Phi) is 22.8. The summed E-state index contributed by atoms with van der Waals surface area (Å²) in [5.74, 6) is 0.342. The van der Waals surface area contributed by atoms with Crippen LogP contribution in [0.25, 0.3) is 0 Å². The van der Waals surface area contributed by atoms with Crippen LogP contribution in [0.5, 0.6) is 5.75 Å². The summed E-state index contributed by atoms with van der Waals surface area (Å²) in [6, 6.07) is 7.75. The molecule has 0 radical (unpaired) electrons. The van der Waals surface area contributed by atoms with E-state index in [0.29, 0.717) is 12.2 Å². The van der Waals surface area contributed by atoms with Gasteiger partial charge in [-0.15, -0.1) is 0 Å². The van der Waals surface area contributed by atoms with Gasteiger partial charge >= 0.3 is 29.6 Å². The quantitative estimate of drug-likeness (QED) is 0.0946. The van der Waals surface area contributed by atoms with Crippen LogP contribution in [0.4, 0.5) is 0 Å². The van der Waals surface area contributed by atoms with E-state index in [2.05, 4.69) is 28.5 Å². The van der Waals surface area contributed by atoms with Gasteiger partial charge in [0.05, 0.1) is 10.1 Å². The second-order valence-electron chi connectivity index (χ2n) is 6.61. The zero-order chi connectivity index (χ0) is 21.8. The Balaban J connectivity index is 0. The predicted octanol–water partition coefficient (Wildman–Crippen LogP) is 2.63. The molecule has 0 atom stereocenters. The smallest absolute Gasteiger partial charge is 0.748 e. The first kappa shape index (κ1) is 31.6. The zero-order valence-corrected chi connectivity index (χ0v) is 21.5. The summed E-state index contributed by atoms with van der Waals surface area (Å²) < 4.78 is 29.5. The summed E-state index contributed by atoms with van der Waals surface area (Å²) in [5, 5.41) is 8.55. The number of unbranched alkanes of at least 4 members (excludes halogenated alkanes) is 7. The standard InChI is InChI=1S/C17H26O4.C4H10O3S.Na/c1-3-5-6-7-8-9-10-11-16-12-14-17(15-13-16)19-21-20-18-4-2;1-2-3-4-8(5,6)7;/h4,12-15H,2-3,5-11H2,1H3;2-4H2,1H3,(H,5,6,7);/q;;+1/p-1. The molecule has 0 fully saturated rings. The van der Waals surface area contributed by atoms with Crippen LogP contribution in [0.15, 0.2) is 37.1 Å². The Morgan fingerprint density at radius 1 is 0.900 bits per heavy atom. The van der Waals surface area contributed by atoms with E-state index in [-0.39, 0.29) is 35.3 Å². The average Bonchev–Trinajstić information content (AvgIpc) is 2.70. The summed E-state index contributed by atoms with van der Waals surface area (Å²) in [6.45, 7) is 7.38. The molecule has 9 heteroatoms. The van der Waals surface area contributed by atoms with Gasteiger partial charge in [0.15, 0.2) is 5.75 Å². The number of hydrogen-bond acceptors (Lipinski definition) is 7. The fraction of sp³-hybridized carbons (Fsp3) is 0.619. The predicted molar refractivity (Wildman–Crippen MR) is 112 cm³/mol. The second-order valence-corrected chi connectivity index (χ2v) is 8.14. The minimum absolute atomic E-state index is 0. The summed E-state index contributed by atoms with van der Waals surface area (Å²) in [4.78, 5) is 9.14. The van der Waals surface area contributed by atoms with Gasteiger partial charge in [-0.1, -0.05) is 77.5 Å². The number of benzene rings is 1. The number of aryl methyl sites for hydroxylation is 1. The Morgan fingerprint density at radius 3 is 1.97 bits per heavy atom. The van der Waals surface area contributed by atoms with Crippen molar-refractivity contribution in [3.63, 3.8) is 0 Å². The van der Waals surface area contributed by atoms with Crippen molar-refractivity contribution in [1.29, 1.82) is 0 Å². The fourth-order valence-corrected chi connectivity index (χ4v) is 3.06. The molecule has 0 spiro atoms. The van der Waals surface area contributed by atoms with Gasteiger partial charge in [0.1, 0.15) is 6.26 Å². The van der Waals surface area contributed by atoms with Gasteiger partial charge in [0, 0.05) is 15.8 Å². The van der Waals surface area contributed by atoms with Crippen molar-refractivity contribution >= 4 is 10.1 Å². The van der Waals surface area contributed by atoms with Crippen molar-refractivity contribution in [3.8, 4) is 5.75 Å². The summed E-state index contributed by atoms with van der Waals surface area (Å²) in [7, 11) is -3.94. The first-order chi connectivity index (χ1) is 13.9. The van der Waals surface area contributed by atoms with Crippen LogP contribution in [0, 0.1) is 0 Å². The number of rotatable bonds is 16. The molecule has 0 unspecified atom stereocenters. The molecule has 0 aromatic heterocycles. The molecule has 0 amide bonds. The molecule has 30 heavy (non-hydrogen) atoms. The van der Waals surface area contributed by atoms with Gasteiger partial charge in [0.25, 0.3) is 0 Å². The van der Waals surface area contributed by atoms with Crippen molar-refractivity contribution < 1.29 is 62.4 Å². The third-order valence-electron chi connectivity index (χ3n) is 4.01. The van der Waals surface area contributed by atoms with Gasteiger partial charge in [-0.05, 0) is 37.0 Å². The fourth-order valence-electron chi connectivity index (χ4n) is 2.42. The first-order valence-electron chi connectivity index (χ1n) is 10.2. The summed E-state index contributed by atoms with van der Waals surface area (Å²) >= 11 is 0. The summed E-state index contributed by atoms with van der Waals surface area (Å²) in [5.41, 5.74) is 1.30. The molecule has 0 aliphatic carbocycles. The van der Waals surface area contributed by atoms with Crippen LogP contribution < -0.4 is 34.4 Å². The molecule has 0 bridgehead atoms. The molecular weight excluding hydrogens is 419 g/mol. The van der Waals surface area contributed by atoms with E-state index >= 15 is 0 Å². The largest absolute Gasteiger partial charge is 1.00 e. The molecule has 0 saturated carbocycles. The van der Waals surface area contributed by atoms with Crippen LogP contribution in [-0.2, 0) is 31.5 Å². The van der Waals surface area contributed by atoms with Crippen LogP contribution >= 0.6 is 0 Å². The van der Waals surface area contributed by atoms with Crippen LogP contribution in [-0.4, -0.2) is 18.7 Å². The van der Waals surface area contributed by atoms with E-state index < -0.39 is 10.1 Å². The third kappa shape index (κ3) is 22.1. The van der Waals surface area contributed by atoms with E-state index in [9.17, 15) is 13.0 Å². The Labute approximate surface area is 204 Å². The SMILES string of the molecule is C=COOOOc1ccc(CCCCCCCCC)cc1.CCCCS(=O)(=O)[O-].[Na+]. The molecule has 0 aliphatic rings. The van der Waals surface area contributed by atoms with Gasteiger partial charge in [0.2, 0.25) is 0 Å². The van der Waals surface area contributed by atoms with Crippen molar-refractivity contribution in [1.82, 2.24) is 0 Å². The molecule has 0 saturated heterocycles. The van der Waals surface area contributed by atoms with Gasteiger partial charge in [-0.25, -0.2) is 8.42 Å². The first-order valence-corrected chi connectivity index (χ1v) is 11.8. The van der Waals surface area contributed by atoms with Crippen LogP contribution in [0.3, 0.4) is 0 Å². The number of hydrogen-bond donors (Lipinski definition) is 0. The summed E-state index contributed by atoms with van der Waals surface area (Å²) in [6.07, 6.45) is 12.7. The van der Waals surface area contributed by atoms with Gasteiger partial charge < -0.3 is 14.3 Å². The maximum absolute atomic E-state index is 9.83. The maximum atomic E-state index is 9.83. The molecular formula is C21H35NaO7S. The molecule has 0 heterocycles. The van der Waals surface area contributed by atoms with Crippen LogP contribution in [0.2, 0.25) is 0 Å². The van der Waals surface area contributed by atoms with Crippen molar-refractivity contribution in [2.75, 3.05) is 5.75 Å². The van der Waals surface area contributed by atoms with E-state index in [1.54, 1.807) is 0 Å². The van der Waals surface area contributed by atoms with Crippen molar-refractivity contribution in [2.45, 2.75) is 78.1 Å². The molecule has 168 valence electrons. The average molecular weight is 455 g/mol. The minimum Gasteiger partial charge on any atom is -0.748 e. The normalized spacial score (nSPS) is 10.4. The van der Waals surface area contributed by atoms with Crippen molar-refractivity contribution in [2.24, 2.45) is 0 Å². The molecule has 7 nitrogen and oxygen atoms in total. The Bertz CT molecular complexity index is 606. The maximum Gasteiger partial charge on any atom is 1.00 e. The van der Waals surface area contributed by atoms with E-state index in [1.807, 2.05) is 31.2 Å².